The predicted molar refractivity (Wildman–Crippen MR) is 119 cm³/mol. The van der Waals surface area contributed by atoms with Crippen molar-refractivity contribution in [2.45, 2.75) is 115 Å². The van der Waals surface area contributed by atoms with E-state index in [1.807, 2.05) is 0 Å². The number of nitrogens with one attached hydrogen (secondary N) is 1. The molecule has 2 aliphatic rings. The van der Waals surface area contributed by atoms with Crippen molar-refractivity contribution in [3.8, 4) is 0 Å². The first-order valence-corrected chi connectivity index (χ1v) is 11.1. The highest BCUT2D eigenvalue weighted by atomic mass is 35.5. The van der Waals surface area contributed by atoms with Gasteiger partial charge in [-0.25, -0.2) is 0 Å². The van der Waals surface area contributed by atoms with Gasteiger partial charge in [-0.15, -0.1) is 24.8 Å². The van der Waals surface area contributed by atoms with Gasteiger partial charge < -0.3 is 15.5 Å². The Balaban J connectivity index is 0.00000338. The molecule has 2 aliphatic heterocycles. The topological polar surface area (TPSA) is 55.7 Å². The lowest BCUT2D eigenvalue weighted by atomic mass is 9.85. The van der Waals surface area contributed by atoms with Crippen LogP contribution >= 0.6 is 24.8 Å². The van der Waals surface area contributed by atoms with Crippen molar-refractivity contribution in [2.24, 2.45) is 0 Å². The van der Waals surface area contributed by atoms with Crippen molar-refractivity contribution in [1.82, 2.24) is 10.2 Å². The van der Waals surface area contributed by atoms with E-state index in [-0.39, 0.29) is 30.9 Å². The Morgan fingerprint density at radius 1 is 0.852 bits per heavy atom. The van der Waals surface area contributed by atoms with Gasteiger partial charge in [0.25, 0.3) is 0 Å². The number of aliphatic hydroxyl groups excluding tert-OH is 2. The zero-order chi connectivity index (χ0) is 17.9. The summed E-state index contributed by atoms with van der Waals surface area (Å²) < 4.78 is 0. The smallest absolute Gasteiger partial charge is 0.0979 e. The van der Waals surface area contributed by atoms with Gasteiger partial charge in [0, 0.05) is 12.6 Å². The molecule has 3 N–H and O–H groups in total. The highest BCUT2D eigenvalue weighted by Gasteiger charge is 2.42. The summed E-state index contributed by atoms with van der Waals surface area (Å²) in [4.78, 5) is 2.39. The van der Waals surface area contributed by atoms with Gasteiger partial charge in [0.2, 0.25) is 0 Å². The molecule has 4 nitrogen and oxygen atoms in total. The fraction of sp³-hybridized carbons (Fsp3) is 1.00. The van der Waals surface area contributed by atoms with E-state index in [0.29, 0.717) is 12.6 Å². The fourth-order valence-electron chi connectivity index (χ4n) is 4.60. The lowest BCUT2D eigenvalue weighted by Crippen LogP contribution is -2.66. The highest BCUT2D eigenvalue weighted by molar-refractivity contribution is 5.85. The zero-order valence-corrected chi connectivity index (χ0v) is 18.9. The summed E-state index contributed by atoms with van der Waals surface area (Å²) in [6.45, 7) is 4.95. The van der Waals surface area contributed by atoms with Crippen LogP contribution in [0.2, 0.25) is 0 Å². The number of aliphatic hydroxyl groups is 2. The molecule has 0 radical (unpaired) electrons. The molecule has 4 atom stereocenters. The highest BCUT2D eigenvalue weighted by Crippen LogP contribution is 2.27. The summed E-state index contributed by atoms with van der Waals surface area (Å²) in [6, 6.07) is 0.456. The lowest BCUT2D eigenvalue weighted by molar-refractivity contribution is -0.0917. The average Bonchev–Trinajstić information content (AvgIpc) is 2.62. The second-order valence-electron chi connectivity index (χ2n) is 8.28. The Labute approximate surface area is 179 Å². The Morgan fingerprint density at radius 3 is 2.07 bits per heavy atom. The van der Waals surface area contributed by atoms with Gasteiger partial charge in [0.1, 0.15) is 0 Å². The molecule has 0 bridgehead atoms. The Morgan fingerprint density at radius 2 is 1.44 bits per heavy atom. The van der Waals surface area contributed by atoms with E-state index in [0.717, 1.165) is 19.5 Å². The molecule has 2 saturated heterocycles. The zero-order valence-electron chi connectivity index (χ0n) is 17.3. The maximum atomic E-state index is 10.4. The van der Waals surface area contributed by atoms with E-state index < -0.39 is 12.2 Å². The SMILES string of the molecule is CCCCCCCCCCCCN[C@@H]1[C@H](O)[C@@H](O)CN2CCCC[C@H]12.Cl.Cl. The van der Waals surface area contributed by atoms with Gasteiger partial charge in [0.15, 0.2) is 0 Å². The van der Waals surface area contributed by atoms with E-state index >= 15 is 0 Å². The maximum Gasteiger partial charge on any atom is 0.0979 e. The van der Waals surface area contributed by atoms with E-state index in [2.05, 4.69) is 17.1 Å². The molecule has 27 heavy (non-hydrogen) atoms. The normalized spacial score (nSPS) is 28.1. The van der Waals surface area contributed by atoms with Crippen LogP contribution in [0, 0.1) is 0 Å². The molecule has 0 amide bonds. The molecule has 6 heteroatoms. The number of piperidine rings is 2. The van der Waals surface area contributed by atoms with Crippen LogP contribution in [0.3, 0.4) is 0 Å². The Bertz CT molecular complexity index is 350. The van der Waals surface area contributed by atoms with Gasteiger partial charge in [0.05, 0.1) is 18.2 Å². The summed E-state index contributed by atoms with van der Waals surface area (Å²) in [5, 5.41) is 24.1. The van der Waals surface area contributed by atoms with Crippen molar-refractivity contribution in [3.05, 3.63) is 0 Å². The van der Waals surface area contributed by atoms with Crippen molar-refractivity contribution in [2.75, 3.05) is 19.6 Å². The van der Waals surface area contributed by atoms with Crippen LogP contribution in [0.4, 0.5) is 0 Å². The summed E-state index contributed by atoms with van der Waals surface area (Å²) >= 11 is 0. The molecule has 0 spiro atoms. The number of fused-ring (bicyclic) bond motifs is 1. The number of unbranched alkanes of at least 4 members (excludes halogenated alkanes) is 9. The minimum atomic E-state index is -0.609. The molecular formula is C21H44Cl2N2O2. The standard InChI is InChI=1S/C21H42N2O2.2ClH/c1-2-3-4-5-6-7-8-9-10-12-15-22-20-18-14-11-13-16-23(18)17-19(24)21(20)25;;/h18-22,24-25H,2-17H2,1H3;2*1H/t18-,19+,20+,21-;;/m1../s1. The summed E-state index contributed by atoms with van der Waals surface area (Å²) in [6.07, 6.45) is 15.9. The summed E-state index contributed by atoms with van der Waals surface area (Å²) in [5.41, 5.74) is 0. The molecule has 2 fully saturated rings. The lowest BCUT2D eigenvalue weighted by Gasteiger charge is -2.48. The largest absolute Gasteiger partial charge is 0.389 e. The number of hydrogen-bond acceptors (Lipinski definition) is 4. The molecule has 0 saturated carbocycles. The summed E-state index contributed by atoms with van der Waals surface area (Å²) in [7, 11) is 0. The van der Waals surface area contributed by atoms with Gasteiger partial charge in [-0.2, -0.15) is 0 Å². The van der Waals surface area contributed by atoms with Gasteiger partial charge in [-0.05, 0) is 32.4 Å². The van der Waals surface area contributed by atoms with E-state index in [1.54, 1.807) is 0 Å². The van der Waals surface area contributed by atoms with Crippen LogP contribution in [-0.4, -0.2) is 59.0 Å². The molecular weight excluding hydrogens is 383 g/mol. The molecule has 0 aromatic rings. The minimum Gasteiger partial charge on any atom is -0.389 e. The van der Waals surface area contributed by atoms with Crippen LogP contribution in [0.15, 0.2) is 0 Å². The van der Waals surface area contributed by atoms with Gasteiger partial charge >= 0.3 is 0 Å². The minimum absolute atomic E-state index is 0. The molecule has 0 unspecified atom stereocenters. The maximum absolute atomic E-state index is 10.4. The predicted octanol–water partition coefficient (Wildman–Crippen LogP) is 4.30. The second kappa shape index (κ2) is 16.2. The molecule has 2 rings (SSSR count). The second-order valence-corrected chi connectivity index (χ2v) is 8.28. The average molecular weight is 428 g/mol. The number of rotatable bonds is 12. The quantitative estimate of drug-likeness (QED) is 0.407. The first-order valence-electron chi connectivity index (χ1n) is 11.1. The van der Waals surface area contributed by atoms with Crippen molar-refractivity contribution < 1.29 is 10.2 Å². The first-order chi connectivity index (χ1) is 12.2. The van der Waals surface area contributed by atoms with Crippen LogP contribution in [0.25, 0.3) is 0 Å². The summed E-state index contributed by atoms with van der Waals surface area (Å²) in [5.74, 6) is 0. The van der Waals surface area contributed by atoms with Crippen molar-refractivity contribution >= 4 is 24.8 Å². The Hall–Kier alpha value is 0.420. The number of hydrogen-bond donors (Lipinski definition) is 3. The van der Waals surface area contributed by atoms with E-state index in [1.165, 1.54) is 77.0 Å². The third kappa shape index (κ3) is 9.64. The molecule has 0 aromatic carbocycles. The van der Waals surface area contributed by atoms with Crippen LogP contribution in [0.1, 0.15) is 90.4 Å². The van der Waals surface area contributed by atoms with Gasteiger partial charge in [-0.1, -0.05) is 71.1 Å². The monoisotopic (exact) mass is 426 g/mol. The number of nitrogens with zero attached hydrogens (tertiary/aromatic N) is 1. The van der Waals surface area contributed by atoms with Crippen LogP contribution in [0.5, 0.6) is 0 Å². The third-order valence-corrected chi connectivity index (χ3v) is 6.17. The van der Waals surface area contributed by atoms with Crippen molar-refractivity contribution in [3.63, 3.8) is 0 Å². The molecule has 164 valence electrons. The fourth-order valence-corrected chi connectivity index (χ4v) is 4.60. The van der Waals surface area contributed by atoms with E-state index in [4.69, 9.17) is 0 Å². The first kappa shape index (κ1) is 27.4. The number of halogens is 2. The molecule has 0 aromatic heterocycles. The van der Waals surface area contributed by atoms with Crippen LogP contribution < -0.4 is 5.32 Å². The van der Waals surface area contributed by atoms with Crippen molar-refractivity contribution in [1.29, 1.82) is 0 Å². The van der Waals surface area contributed by atoms with E-state index in [9.17, 15) is 10.2 Å². The molecule has 0 aliphatic carbocycles. The van der Waals surface area contributed by atoms with Crippen LogP contribution in [-0.2, 0) is 0 Å². The van der Waals surface area contributed by atoms with Gasteiger partial charge in [-0.3, -0.25) is 4.90 Å². The Kier molecular flexibility index (Phi) is 16.5. The third-order valence-electron chi connectivity index (χ3n) is 6.17. The molecule has 2 heterocycles.